The molecule has 0 aromatic heterocycles. The van der Waals surface area contributed by atoms with Crippen molar-refractivity contribution in [1.29, 1.82) is 0 Å². The Hall–Kier alpha value is -3.42. The molecular formula is C26H24F5NO2. The largest absolute Gasteiger partial charge is 0.481 e. The lowest BCUT2D eigenvalue weighted by atomic mass is 9.88. The molecule has 1 unspecified atom stereocenters. The Balaban J connectivity index is 2.16. The van der Waals surface area contributed by atoms with E-state index in [1.807, 2.05) is 13.8 Å². The maximum atomic E-state index is 13.8. The molecule has 0 aliphatic carbocycles. The van der Waals surface area contributed by atoms with Gasteiger partial charge in [0.1, 0.15) is 11.6 Å². The predicted molar refractivity (Wildman–Crippen MR) is 121 cm³/mol. The zero-order chi connectivity index (χ0) is 25.2. The van der Waals surface area contributed by atoms with Crippen LogP contribution in [0, 0.1) is 17.6 Å². The van der Waals surface area contributed by atoms with Crippen molar-refractivity contribution in [2.24, 2.45) is 5.92 Å². The third-order valence-corrected chi connectivity index (χ3v) is 5.52. The van der Waals surface area contributed by atoms with Crippen molar-refractivity contribution in [3.8, 4) is 11.1 Å². The maximum Gasteiger partial charge on any atom is 0.416 e. The Labute approximate surface area is 194 Å². The van der Waals surface area contributed by atoms with E-state index in [4.69, 9.17) is 0 Å². The molecule has 8 heteroatoms. The second-order valence-electron chi connectivity index (χ2n) is 8.60. The van der Waals surface area contributed by atoms with Crippen LogP contribution in [-0.2, 0) is 11.0 Å². The molecular weight excluding hydrogens is 453 g/mol. The number of alkyl halides is 3. The normalized spacial score (nSPS) is 12.6. The average molecular weight is 477 g/mol. The average Bonchev–Trinajstić information content (AvgIpc) is 2.75. The van der Waals surface area contributed by atoms with Crippen LogP contribution in [0.4, 0.5) is 33.3 Å². The number of halogens is 5. The van der Waals surface area contributed by atoms with E-state index in [0.717, 1.165) is 30.3 Å². The Kier molecular flexibility index (Phi) is 7.29. The van der Waals surface area contributed by atoms with Crippen molar-refractivity contribution < 1.29 is 31.9 Å². The van der Waals surface area contributed by atoms with Gasteiger partial charge in [0.05, 0.1) is 11.5 Å². The van der Waals surface area contributed by atoms with E-state index < -0.39 is 35.3 Å². The van der Waals surface area contributed by atoms with E-state index >= 15 is 0 Å². The number of hydrogen-bond acceptors (Lipinski definition) is 2. The monoisotopic (exact) mass is 477 g/mol. The number of anilines is 2. The summed E-state index contributed by atoms with van der Waals surface area (Å²) in [6, 6.07) is 12.4. The zero-order valence-corrected chi connectivity index (χ0v) is 18.8. The molecule has 0 fully saturated rings. The van der Waals surface area contributed by atoms with Gasteiger partial charge in [-0.1, -0.05) is 32.0 Å². The molecule has 0 heterocycles. The Morgan fingerprint density at radius 2 is 1.44 bits per heavy atom. The van der Waals surface area contributed by atoms with Gasteiger partial charge in [-0.2, -0.15) is 13.2 Å². The van der Waals surface area contributed by atoms with Gasteiger partial charge in [-0.05, 0) is 65.4 Å². The highest BCUT2D eigenvalue weighted by Gasteiger charge is 2.30. The number of nitrogens with zero attached hydrogens (tertiary/aromatic N) is 1. The zero-order valence-electron chi connectivity index (χ0n) is 18.8. The van der Waals surface area contributed by atoms with Gasteiger partial charge in [0.25, 0.3) is 0 Å². The summed E-state index contributed by atoms with van der Waals surface area (Å²) >= 11 is 0. The van der Waals surface area contributed by atoms with Crippen molar-refractivity contribution in [3.63, 3.8) is 0 Å². The number of carbonyl (C=O) groups is 1. The molecule has 0 bridgehead atoms. The molecule has 0 aliphatic heterocycles. The topological polar surface area (TPSA) is 40.5 Å². The Morgan fingerprint density at radius 3 is 1.94 bits per heavy atom. The van der Waals surface area contributed by atoms with Crippen molar-refractivity contribution >= 4 is 17.3 Å². The molecule has 0 amide bonds. The van der Waals surface area contributed by atoms with Crippen LogP contribution in [0.5, 0.6) is 0 Å². The molecule has 34 heavy (non-hydrogen) atoms. The first-order valence-corrected chi connectivity index (χ1v) is 10.6. The van der Waals surface area contributed by atoms with Gasteiger partial charge in [0.15, 0.2) is 0 Å². The van der Waals surface area contributed by atoms with Crippen LogP contribution >= 0.6 is 0 Å². The number of hydrogen-bond donors (Lipinski definition) is 1. The molecule has 3 aromatic rings. The summed E-state index contributed by atoms with van der Waals surface area (Å²) in [6.45, 7) is 3.77. The van der Waals surface area contributed by atoms with Crippen LogP contribution in [0.1, 0.15) is 37.3 Å². The SMILES string of the molecule is CC(C)CC(C(=O)O)c1cc(-c2ccc(C(F)(F)F)cc2)cc(N(C)c2cc(F)cc(F)c2)c1. The van der Waals surface area contributed by atoms with Crippen molar-refractivity contribution in [2.75, 3.05) is 11.9 Å². The quantitative estimate of drug-likeness (QED) is 0.356. The van der Waals surface area contributed by atoms with E-state index in [2.05, 4.69) is 0 Å². The summed E-state index contributed by atoms with van der Waals surface area (Å²) in [7, 11) is 1.57. The van der Waals surface area contributed by atoms with Crippen LogP contribution in [0.15, 0.2) is 60.7 Å². The molecule has 1 atom stereocenters. The minimum absolute atomic E-state index is 0.0642. The fourth-order valence-electron chi connectivity index (χ4n) is 3.78. The molecule has 0 spiro atoms. The van der Waals surface area contributed by atoms with Gasteiger partial charge in [-0.3, -0.25) is 4.79 Å². The van der Waals surface area contributed by atoms with E-state index in [0.29, 0.717) is 28.8 Å². The van der Waals surface area contributed by atoms with Gasteiger partial charge in [0.2, 0.25) is 0 Å². The van der Waals surface area contributed by atoms with E-state index in [1.165, 1.54) is 17.0 Å². The Morgan fingerprint density at radius 1 is 0.882 bits per heavy atom. The van der Waals surface area contributed by atoms with Gasteiger partial charge < -0.3 is 10.0 Å². The summed E-state index contributed by atoms with van der Waals surface area (Å²) in [5.74, 6) is -3.39. The van der Waals surface area contributed by atoms with Crippen LogP contribution in [0.3, 0.4) is 0 Å². The lowest BCUT2D eigenvalue weighted by Gasteiger charge is -2.24. The fraction of sp³-hybridized carbons (Fsp3) is 0.269. The lowest BCUT2D eigenvalue weighted by molar-refractivity contribution is -0.139. The summed E-state index contributed by atoms with van der Waals surface area (Å²) in [5, 5.41) is 9.84. The molecule has 0 radical (unpaired) electrons. The number of carboxylic acid groups (broad SMARTS) is 1. The van der Waals surface area contributed by atoms with Crippen LogP contribution in [0.25, 0.3) is 11.1 Å². The van der Waals surface area contributed by atoms with E-state index in [1.54, 1.807) is 25.2 Å². The molecule has 3 aromatic carbocycles. The first kappa shape index (κ1) is 25.2. The van der Waals surface area contributed by atoms with Crippen LogP contribution < -0.4 is 4.90 Å². The molecule has 0 saturated heterocycles. The van der Waals surface area contributed by atoms with Gasteiger partial charge in [-0.15, -0.1) is 0 Å². The third-order valence-electron chi connectivity index (χ3n) is 5.52. The second-order valence-corrected chi connectivity index (χ2v) is 8.60. The Bertz CT molecular complexity index is 1150. The van der Waals surface area contributed by atoms with Gasteiger partial charge in [0, 0.05) is 24.5 Å². The first-order chi connectivity index (χ1) is 15.8. The van der Waals surface area contributed by atoms with Crippen LogP contribution in [-0.4, -0.2) is 18.1 Å². The summed E-state index contributed by atoms with van der Waals surface area (Å²) in [5.41, 5.74) is 1.21. The minimum atomic E-state index is -4.49. The van der Waals surface area contributed by atoms with Gasteiger partial charge in [-0.25, -0.2) is 8.78 Å². The molecule has 3 nitrogen and oxygen atoms in total. The molecule has 0 saturated carbocycles. The number of rotatable bonds is 7. The summed E-state index contributed by atoms with van der Waals surface area (Å²) in [6.07, 6.45) is -4.15. The second kappa shape index (κ2) is 9.83. The smallest absolute Gasteiger partial charge is 0.416 e. The maximum absolute atomic E-state index is 13.8. The standard InChI is InChI=1S/C26H24F5NO2/c1-15(2)8-24(25(33)34)18-9-17(16-4-6-19(7-5-16)26(29,30)31)10-22(11-18)32(3)23-13-20(27)12-21(28)14-23/h4-7,9-15,24H,8H2,1-3H3,(H,33,34). The predicted octanol–water partition coefficient (Wildman–Crippen LogP) is 7.63. The van der Waals surface area contributed by atoms with Crippen molar-refractivity contribution in [2.45, 2.75) is 32.4 Å². The highest BCUT2D eigenvalue weighted by Crippen LogP contribution is 2.36. The number of aliphatic carboxylic acids is 1. The molecule has 180 valence electrons. The summed E-state index contributed by atoms with van der Waals surface area (Å²) < 4.78 is 66.6. The fourth-order valence-corrected chi connectivity index (χ4v) is 3.78. The highest BCUT2D eigenvalue weighted by atomic mass is 19.4. The lowest BCUT2D eigenvalue weighted by Crippen LogP contribution is -2.16. The van der Waals surface area contributed by atoms with E-state index in [9.17, 15) is 31.9 Å². The highest BCUT2D eigenvalue weighted by molar-refractivity contribution is 5.80. The van der Waals surface area contributed by atoms with Crippen molar-refractivity contribution in [1.82, 2.24) is 0 Å². The number of benzene rings is 3. The van der Waals surface area contributed by atoms with E-state index in [-0.39, 0.29) is 11.6 Å². The van der Waals surface area contributed by atoms with Gasteiger partial charge >= 0.3 is 12.1 Å². The van der Waals surface area contributed by atoms with Crippen LogP contribution in [0.2, 0.25) is 0 Å². The first-order valence-electron chi connectivity index (χ1n) is 10.6. The minimum Gasteiger partial charge on any atom is -0.481 e. The number of carboxylic acids is 1. The van der Waals surface area contributed by atoms with Crippen molar-refractivity contribution in [3.05, 3.63) is 83.4 Å². The molecule has 0 aliphatic rings. The summed E-state index contributed by atoms with van der Waals surface area (Å²) in [4.78, 5) is 13.5. The molecule has 3 rings (SSSR count). The molecule has 1 N–H and O–H groups in total. The third kappa shape index (κ3) is 5.92.